The van der Waals surface area contributed by atoms with Gasteiger partial charge in [0.25, 0.3) is 0 Å². The molecule has 0 heterocycles. The van der Waals surface area contributed by atoms with E-state index < -0.39 is 48.9 Å². The summed E-state index contributed by atoms with van der Waals surface area (Å²) in [5.74, 6) is -6.85. The lowest BCUT2D eigenvalue weighted by Gasteiger charge is -2.18. The fraction of sp³-hybridized carbons (Fsp3) is 0.500. The van der Waals surface area contributed by atoms with E-state index >= 15 is 0 Å². The molecule has 10 nitrogen and oxygen atoms in total. The zero-order valence-corrected chi connectivity index (χ0v) is 8.73. The molecule has 0 saturated heterocycles. The fourth-order valence-corrected chi connectivity index (χ4v) is 0.462. The molecule has 0 fully saturated rings. The monoisotopic (exact) mass is 264 g/mol. The van der Waals surface area contributed by atoms with Gasteiger partial charge in [0.1, 0.15) is 12.2 Å². The first-order valence-electron chi connectivity index (χ1n) is 4.27. The van der Waals surface area contributed by atoms with Crippen molar-refractivity contribution in [3.05, 3.63) is 0 Å². The zero-order valence-electron chi connectivity index (χ0n) is 8.73. The molecule has 2 N–H and O–H groups in total. The topological polar surface area (TPSA) is 201 Å². The van der Waals surface area contributed by atoms with Crippen LogP contribution in [0.1, 0.15) is 12.8 Å². The average molecular weight is 264 g/mol. The number of aliphatic hydroxyl groups excluding tert-OH is 2. The SMILES string of the molecule is O=C([O-])C(O)C(O)C(=O)[O-].O=C([O-])CCC(=O)[O-]. The maximum atomic E-state index is 9.63. The van der Waals surface area contributed by atoms with Gasteiger partial charge in [-0.2, -0.15) is 0 Å². The zero-order chi connectivity index (χ0) is 14.9. The number of carbonyl (C=O) groups excluding carboxylic acids is 4. The first kappa shape index (κ1) is 18.2. The lowest BCUT2D eigenvalue weighted by Crippen LogP contribution is -2.51. The highest BCUT2D eigenvalue weighted by molar-refractivity contribution is 5.80. The van der Waals surface area contributed by atoms with Gasteiger partial charge < -0.3 is 49.8 Å². The van der Waals surface area contributed by atoms with Gasteiger partial charge in [0, 0.05) is 11.9 Å². The molecule has 0 aliphatic carbocycles. The van der Waals surface area contributed by atoms with Crippen LogP contribution in [0, 0.1) is 0 Å². The summed E-state index contributed by atoms with van der Waals surface area (Å²) < 4.78 is 0. The van der Waals surface area contributed by atoms with E-state index in [-0.39, 0.29) is 0 Å². The summed E-state index contributed by atoms with van der Waals surface area (Å²) in [4.78, 5) is 38.3. The Kier molecular flexibility index (Phi) is 8.98. The van der Waals surface area contributed by atoms with Crippen molar-refractivity contribution in [2.24, 2.45) is 0 Å². The molecular weight excluding hydrogens is 256 g/mol. The van der Waals surface area contributed by atoms with Crippen LogP contribution in [0.2, 0.25) is 0 Å². The van der Waals surface area contributed by atoms with E-state index in [1.165, 1.54) is 0 Å². The highest BCUT2D eigenvalue weighted by Gasteiger charge is 2.17. The molecule has 0 aromatic rings. The summed E-state index contributed by atoms with van der Waals surface area (Å²) in [6.45, 7) is 0. The summed E-state index contributed by atoms with van der Waals surface area (Å²) in [5.41, 5.74) is 0. The summed E-state index contributed by atoms with van der Waals surface area (Å²) >= 11 is 0. The largest absolute Gasteiger partial charge is 0.550 e. The van der Waals surface area contributed by atoms with E-state index in [9.17, 15) is 39.6 Å². The van der Waals surface area contributed by atoms with E-state index in [1.807, 2.05) is 0 Å². The molecule has 0 spiro atoms. The second kappa shape index (κ2) is 8.90. The number of aliphatic carboxylic acids is 4. The Hall–Kier alpha value is -2.20. The van der Waals surface area contributed by atoms with Crippen LogP contribution >= 0.6 is 0 Å². The van der Waals surface area contributed by atoms with Crippen molar-refractivity contribution in [2.45, 2.75) is 25.0 Å². The van der Waals surface area contributed by atoms with Crippen molar-refractivity contribution in [3.63, 3.8) is 0 Å². The molecule has 0 radical (unpaired) electrons. The quantitative estimate of drug-likeness (QED) is 0.463. The molecule has 2 unspecified atom stereocenters. The van der Waals surface area contributed by atoms with Crippen molar-refractivity contribution in [1.82, 2.24) is 0 Å². The third kappa shape index (κ3) is 10.3. The number of carboxylic acid groups (broad SMARTS) is 4. The number of hydrogen-bond acceptors (Lipinski definition) is 10. The number of carbonyl (C=O) groups is 4. The summed E-state index contributed by atoms with van der Waals surface area (Å²) in [7, 11) is 0. The van der Waals surface area contributed by atoms with Crippen LogP contribution in [-0.4, -0.2) is 46.3 Å². The first-order chi connectivity index (χ1) is 8.09. The van der Waals surface area contributed by atoms with E-state index in [0.29, 0.717) is 0 Å². The number of rotatable bonds is 6. The highest BCUT2D eigenvalue weighted by atomic mass is 16.4. The van der Waals surface area contributed by atoms with Gasteiger partial charge in [-0.1, -0.05) is 0 Å². The van der Waals surface area contributed by atoms with Crippen LogP contribution in [0.3, 0.4) is 0 Å². The summed E-state index contributed by atoms with van der Waals surface area (Å²) in [6, 6.07) is 0. The van der Waals surface area contributed by atoms with Gasteiger partial charge in [0.2, 0.25) is 0 Å². The average Bonchev–Trinajstić information content (AvgIpc) is 2.24. The second-order valence-corrected chi connectivity index (χ2v) is 2.77. The van der Waals surface area contributed by atoms with E-state index in [1.54, 1.807) is 0 Å². The lowest BCUT2D eigenvalue weighted by molar-refractivity contribution is -0.333. The maximum absolute atomic E-state index is 9.63. The van der Waals surface area contributed by atoms with Crippen LogP contribution in [0.25, 0.3) is 0 Å². The predicted octanol–water partition coefficient (Wildman–Crippen LogP) is -7.53. The molecule has 0 amide bonds. The Bertz CT molecular complexity index is 290. The Morgan fingerprint density at radius 1 is 0.722 bits per heavy atom. The molecule has 0 saturated carbocycles. The fourth-order valence-electron chi connectivity index (χ4n) is 0.462. The van der Waals surface area contributed by atoms with E-state index in [2.05, 4.69) is 0 Å². The number of hydrogen-bond donors (Lipinski definition) is 2. The van der Waals surface area contributed by atoms with Crippen LogP contribution in [0.4, 0.5) is 0 Å². The van der Waals surface area contributed by atoms with Crippen molar-refractivity contribution in [2.75, 3.05) is 0 Å². The van der Waals surface area contributed by atoms with E-state index in [4.69, 9.17) is 10.2 Å². The van der Waals surface area contributed by atoms with Crippen LogP contribution in [0.15, 0.2) is 0 Å². The minimum absolute atomic E-state index is 0.470. The molecule has 0 aliphatic rings. The Balaban J connectivity index is 0. The van der Waals surface area contributed by atoms with Crippen LogP contribution in [0.5, 0.6) is 0 Å². The smallest absolute Gasteiger partial charge is 0.124 e. The molecule has 104 valence electrons. The Morgan fingerprint density at radius 3 is 1.06 bits per heavy atom. The molecule has 0 aromatic heterocycles. The van der Waals surface area contributed by atoms with Crippen LogP contribution in [-0.2, 0) is 19.2 Å². The van der Waals surface area contributed by atoms with Crippen molar-refractivity contribution < 1.29 is 49.8 Å². The number of aliphatic hydroxyl groups is 2. The minimum atomic E-state index is -2.44. The Labute approximate surface area is 99.7 Å². The lowest BCUT2D eigenvalue weighted by atomic mass is 10.2. The molecule has 0 aromatic carbocycles. The van der Waals surface area contributed by atoms with Gasteiger partial charge in [-0.15, -0.1) is 0 Å². The molecule has 0 bridgehead atoms. The van der Waals surface area contributed by atoms with E-state index in [0.717, 1.165) is 0 Å². The van der Waals surface area contributed by atoms with Crippen LogP contribution < -0.4 is 20.4 Å². The van der Waals surface area contributed by atoms with Gasteiger partial charge in [-0.25, -0.2) is 0 Å². The number of carboxylic acids is 4. The van der Waals surface area contributed by atoms with Crippen molar-refractivity contribution >= 4 is 23.9 Å². The van der Waals surface area contributed by atoms with Gasteiger partial charge in [0.15, 0.2) is 0 Å². The molecule has 0 aliphatic heterocycles. The minimum Gasteiger partial charge on any atom is -0.550 e. The third-order valence-corrected chi connectivity index (χ3v) is 1.32. The van der Waals surface area contributed by atoms with Crippen molar-refractivity contribution in [1.29, 1.82) is 0 Å². The molecule has 0 rings (SSSR count). The molecular formula is C8H8O10-4. The van der Waals surface area contributed by atoms with Gasteiger partial charge in [0.05, 0.1) is 11.9 Å². The molecule has 2 atom stereocenters. The summed E-state index contributed by atoms with van der Waals surface area (Å²) in [6.07, 6.45) is -5.82. The third-order valence-electron chi connectivity index (χ3n) is 1.32. The van der Waals surface area contributed by atoms with Gasteiger partial charge >= 0.3 is 0 Å². The maximum Gasteiger partial charge on any atom is 0.124 e. The molecule has 10 heteroatoms. The second-order valence-electron chi connectivity index (χ2n) is 2.77. The molecule has 18 heavy (non-hydrogen) atoms. The van der Waals surface area contributed by atoms with Gasteiger partial charge in [-0.3, -0.25) is 0 Å². The first-order valence-corrected chi connectivity index (χ1v) is 4.27. The Morgan fingerprint density at radius 2 is 0.944 bits per heavy atom. The van der Waals surface area contributed by atoms with Crippen molar-refractivity contribution in [3.8, 4) is 0 Å². The predicted molar refractivity (Wildman–Crippen MR) is 41.3 cm³/mol. The summed E-state index contributed by atoms with van der Waals surface area (Å²) in [5, 5.41) is 54.7. The highest BCUT2D eigenvalue weighted by Crippen LogP contribution is 1.89. The normalized spacial score (nSPS) is 12.6. The standard InChI is InChI=1S/C4H6O6.C4H6O4/c5-1(3(7)8)2(6)4(9)10;5-3(6)1-2-4(7)8/h1-2,5-6H,(H,7,8)(H,9,10);1-2H2,(H,5,6)(H,7,8)/p-4. The van der Waals surface area contributed by atoms with Gasteiger partial charge in [-0.05, 0) is 12.8 Å².